The first-order valence-corrected chi connectivity index (χ1v) is 5.94. The molecule has 15 heavy (non-hydrogen) atoms. The summed E-state index contributed by atoms with van der Waals surface area (Å²) in [6.07, 6.45) is 5.15. The van der Waals surface area contributed by atoms with E-state index < -0.39 is 0 Å². The first kappa shape index (κ1) is 12.1. The second-order valence-corrected chi connectivity index (χ2v) is 4.44. The van der Waals surface area contributed by atoms with Crippen LogP contribution in [-0.4, -0.2) is 5.11 Å². The van der Waals surface area contributed by atoms with Gasteiger partial charge in [0.1, 0.15) is 5.75 Å². The van der Waals surface area contributed by atoms with Gasteiger partial charge in [-0.15, -0.1) is 0 Å². The number of hydrogen-bond acceptors (Lipinski definition) is 1. The third kappa shape index (κ3) is 3.58. The maximum absolute atomic E-state index is 9.44. The lowest BCUT2D eigenvalue weighted by Crippen LogP contribution is -1.94. The van der Waals surface area contributed by atoms with Crippen LogP contribution in [0.4, 0.5) is 0 Å². The molecule has 1 aromatic carbocycles. The molecule has 0 saturated carbocycles. The fourth-order valence-electron chi connectivity index (χ4n) is 1.85. The number of rotatable bonds is 5. The summed E-state index contributed by atoms with van der Waals surface area (Å²) >= 11 is 0. The van der Waals surface area contributed by atoms with Crippen molar-refractivity contribution >= 4 is 0 Å². The van der Waals surface area contributed by atoms with Gasteiger partial charge in [-0.3, -0.25) is 0 Å². The Morgan fingerprint density at radius 3 is 2.60 bits per heavy atom. The molecule has 1 nitrogen and oxygen atoms in total. The molecule has 84 valence electrons. The van der Waals surface area contributed by atoms with E-state index in [2.05, 4.69) is 19.9 Å². The molecule has 0 saturated heterocycles. The molecule has 0 aliphatic heterocycles. The molecule has 1 heteroatoms. The summed E-state index contributed by atoms with van der Waals surface area (Å²) in [5.74, 6) is 1.01. The van der Waals surface area contributed by atoms with Crippen LogP contribution in [0.5, 0.6) is 5.75 Å². The largest absolute Gasteiger partial charge is 0.508 e. The average molecular weight is 206 g/mol. The van der Waals surface area contributed by atoms with E-state index in [1.807, 2.05) is 13.0 Å². The highest BCUT2D eigenvalue weighted by Gasteiger charge is 2.06. The SMILES string of the molecule is CCCCC[C@@H](C)c1ccc(O)c(C)c1. The van der Waals surface area contributed by atoms with E-state index >= 15 is 0 Å². The molecular weight excluding hydrogens is 184 g/mol. The molecule has 1 aromatic rings. The first-order chi connectivity index (χ1) is 7.15. The zero-order chi connectivity index (χ0) is 11.3. The molecule has 0 fully saturated rings. The van der Waals surface area contributed by atoms with Crippen molar-refractivity contribution in [3.8, 4) is 5.75 Å². The quantitative estimate of drug-likeness (QED) is 0.709. The summed E-state index contributed by atoms with van der Waals surface area (Å²) in [6.45, 7) is 6.45. The lowest BCUT2D eigenvalue weighted by atomic mass is 9.94. The van der Waals surface area contributed by atoms with E-state index in [1.165, 1.54) is 31.2 Å². The Kier molecular flexibility index (Phi) is 4.67. The molecule has 0 aliphatic rings. The highest BCUT2D eigenvalue weighted by atomic mass is 16.3. The third-order valence-electron chi connectivity index (χ3n) is 3.03. The van der Waals surface area contributed by atoms with Crippen molar-refractivity contribution in [1.82, 2.24) is 0 Å². The number of phenols is 1. The van der Waals surface area contributed by atoms with Crippen LogP contribution in [0.1, 0.15) is 56.6 Å². The molecule has 0 heterocycles. The van der Waals surface area contributed by atoms with Crippen LogP contribution < -0.4 is 0 Å². The molecule has 0 unspecified atom stereocenters. The van der Waals surface area contributed by atoms with Gasteiger partial charge in [-0.1, -0.05) is 45.2 Å². The minimum atomic E-state index is 0.402. The molecule has 0 bridgehead atoms. The molecule has 0 amide bonds. The van der Waals surface area contributed by atoms with Gasteiger partial charge in [-0.05, 0) is 36.5 Å². The van der Waals surface area contributed by atoms with Crippen molar-refractivity contribution in [3.05, 3.63) is 29.3 Å². The Labute approximate surface area is 93.1 Å². The zero-order valence-electron chi connectivity index (χ0n) is 10.1. The maximum Gasteiger partial charge on any atom is 0.118 e. The minimum Gasteiger partial charge on any atom is -0.508 e. The molecule has 0 radical (unpaired) electrons. The molecule has 1 N–H and O–H groups in total. The monoisotopic (exact) mass is 206 g/mol. The Hall–Kier alpha value is -0.980. The van der Waals surface area contributed by atoms with E-state index in [1.54, 1.807) is 6.07 Å². The van der Waals surface area contributed by atoms with E-state index in [0.717, 1.165) is 5.56 Å². The fourth-order valence-corrected chi connectivity index (χ4v) is 1.85. The maximum atomic E-state index is 9.44. The Morgan fingerprint density at radius 2 is 2.00 bits per heavy atom. The second kappa shape index (κ2) is 5.79. The van der Waals surface area contributed by atoms with Gasteiger partial charge in [-0.2, -0.15) is 0 Å². The fraction of sp³-hybridized carbons (Fsp3) is 0.571. The van der Waals surface area contributed by atoms with E-state index in [0.29, 0.717) is 11.7 Å². The van der Waals surface area contributed by atoms with Gasteiger partial charge in [0.2, 0.25) is 0 Å². The van der Waals surface area contributed by atoms with Gasteiger partial charge in [0.25, 0.3) is 0 Å². The van der Waals surface area contributed by atoms with Gasteiger partial charge >= 0.3 is 0 Å². The van der Waals surface area contributed by atoms with Crippen molar-refractivity contribution < 1.29 is 5.11 Å². The highest BCUT2D eigenvalue weighted by Crippen LogP contribution is 2.26. The number of aryl methyl sites for hydroxylation is 1. The molecule has 1 rings (SSSR count). The molecule has 1 atom stereocenters. The van der Waals surface area contributed by atoms with E-state index in [9.17, 15) is 5.11 Å². The van der Waals surface area contributed by atoms with E-state index in [-0.39, 0.29) is 0 Å². The van der Waals surface area contributed by atoms with Crippen LogP contribution in [-0.2, 0) is 0 Å². The van der Waals surface area contributed by atoms with Crippen LogP contribution in [0.2, 0.25) is 0 Å². The van der Waals surface area contributed by atoms with Gasteiger partial charge < -0.3 is 5.11 Å². The molecule has 0 aliphatic carbocycles. The molecule has 0 spiro atoms. The van der Waals surface area contributed by atoms with Crippen LogP contribution in [0.3, 0.4) is 0 Å². The zero-order valence-corrected chi connectivity index (χ0v) is 10.1. The smallest absolute Gasteiger partial charge is 0.118 e. The Balaban J connectivity index is 2.57. The average Bonchev–Trinajstić information content (AvgIpc) is 2.22. The van der Waals surface area contributed by atoms with Crippen molar-refractivity contribution in [2.75, 3.05) is 0 Å². The predicted molar refractivity (Wildman–Crippen MR) is 65.4 cm³/mol. The van der Waals surface area contributed by atoms with E-state index in [4.69, 9.17) is 0 Å². The second-order valence-electron chi connectivity index (χ2n) is 4.44. The normalized spacial score (nSPS) is 12.7. The summed E-state index contributed by atoms with van der Waals surface area (Å²) in [5, 5.41) is 9.44. The number of benzene rings is 1. The number of hydrogen-bond donors (Lipinski definition) is 1. The summed E-state index contributed by atoms with van der Waals surface area (Å²) < 4.78 is 0. The third-order valence-corrected chi connectivity index (χ3v) is 3.03. The minimum absolute atomic E-state index is 0.402. The van der Waals surface area contributed by atoms with Crippen LogP contribution in [0.25, 0.3) is 0 Å². The standard InChI is InChI=1S/C14H22O/c1-4-5-6-7-11(2)13-8-9-14(15)12(3)10-13/h8-11,15H,4-7H2,1-3H3/t11-/m1/s1. The lowest BCUT2D eigenvalue weighted by Gasteiger charge is -2.12. The Morgan fingerprint density at radius 1 is 1.27 bits per heavy atom. The summed E-state index contributed by atoms with van der Waals surface area (Å²) in [4.78, 5) is 0. The summed E-state index contributed by atoms with van der Waals surface area (Å²) in [7, 11) is 0. The van der Waals surface area contributed by atoms with Gasteiger partial charge in [0.05, 0.1) is 0 Å². The van der Waals surface area contributed by atoms with Gasteiger partial charge in [0.15, 0.2) is 0 Å². The highest BCUT2D eigenvalue weighted by molar-refractivity contribution is 5.36. The summed E-state index contributed by atoms with van der Waals surface area (Å²) in [6, 6.07) is 5.95. The molecule has 0 aromatic heterocycles. The summed E-state index contributed by atoms with van der Waals surface area (Å²) in [5.41, 5.74) is 2.33. The van der Waals surface area contributed by atoms with Crippen LogP contribution in [0, 0.1) is 6.92 Å². The van der Waals surface area contributed by atoms with Gasteiger partial charge in [0, 0.05) is 0 Å². The van der Waals surface area contributed by atoms with Crippen molar-refractivity contribution in [2.24, 2.45) is 0 Å². The van der Waals surface area contributed by atoms with Crippen molar-refractivity contribution in [2.45, 2.75) is 52.4 Å². The van der Waals surface area contributed by atoms with Crippen LogP contribution in [0.15, 0.2) is 18.2 Å². The number of aromatic hydroxyl groups is 1. The lowest BCUT2D eigenvalue weighted by molar-refractivity contribution is 0.470. The first-order valence-electron chi connectivity index (χ1n) is 5.94. The number of unbranched alkanes of at least 4 members (excludes halogenated alkanes) is 2. The topological polar surface area (TPSA) is 20.2 Å². The van der Waals surface area contributed by atoms with Gasteiger partial charge in [-0.25, -0.2) is 0 Å². The van der Waals surface area contributed by atoms with Crippen molar-refractivity contribution in [1.29, 1.82) is 0 Å². The predicted octanol–water partition coefficient (Wildman–Crippen LogP) is 4.38. The van der Waals surface area contributed by atoms with Crippen molar-refractivity contribution in [3.63, 3.8) is 0 Å². The van der Waals surface area contributed by atoms with Crippen LogP contribution >= 0.6 is 0 Å². The molecular formula is C14H22O. The Bertz CT molecular complexity index is 304. The number of phenolic OH excluding ortho intramolecular Hbond substituents is 1.